The quantitative estimate of drug-likeness (QED) is 0.739. The molecule has 0 unspecified atom stereocenters. The molecule has 0 bridgehead atoms. The first-order valence-corrected chi connectivity index (χ1v) is 4.48. The maximum atomic E-state index is 11.0. The van der Waals surface area contributed by atoms with Gasteiger partial charge in [-0.1, -0.05) is 12.1 Å². The van der Waals surface area contributed by atoms with Gasteiger partial charge >= 0.3 is 5.97 Å². The molecule has 1 aromatic carbocycles. The van der Waals surface area contributed by atoms with Gasteiger partial charge in [0.1, 0.15) is 5.82 Å². The fourth-order valence-corrected chi connectivity index (χ4v) is 1.67. The van der Waals surface area contributed by atoms with Crippen LogP contribution in [-0.4, -0.2) is 16.1 Å². The Morgan fingerprint density at radius 3 is 2.87 bits per heavy atom. The molecule has 0 aliphatic rings. The Bertz CT molecular complexity index is 550. The summed E-state index contributed by atoms with van der Waals surface area (Å²) in [6, 6.07) is 5.01. The zero-order valence-electron chi connectivity index (χ0n) is 8.19. The lowest BCUT2D eigenvalue weighted by Gasteiger charge is -2.07. The van der Waals surface area contributed by atoms with Crippen molar-refractivity contribution in [2.75, 3.05) is 5.73 Å². The SMILES string of the molecule is Cc1cnc(N)c2cccc(C(=O)O)c12. The molecular formula is C11H10N2O2. The number of hydrogen-bond acceptors (Lipinski definition) is 3. The van der Waals surface area contributed by atoms with E-state index in [1.807, 2.05) is 6.92 Å². The van der Waals surface area contributed by atoms with Gasteiger partial charge in [-0.2, -0.15) is 0 Å². The lowest BCUT2D eigenvalue weighted by Crippen LogP contribution is -2.01. The summed E-state index contributed by atoms with van der Waals surface area (Å²) in [6.45, 7) is 1.82. The van der Waals surface area contributed by atoms with E-state index in [1.165, 1.54) is 0 Å². The van der Waals surface area contributed by atoms with E-state index in [0.717, 1.165) is 5.56 Å². The molecule has 0 spiro atoms. The van der Waals surface area contributed by atoms with Crippen LogP contribution < -0.4 is 5.73 Å². The minimum atomic E-state index is -0.950. The number of carboxylic acids is 1. The van der Waals surface area contributed by atoms with Crippen molar-refractivity contribution in [1.82, 2.24) is 4.98 Å². The van der Waals surface area contributed by atoms with Crippen LogP contribution in [0.2, 0.25) is 0 Å². The van der Waals surface area contributed by atoms with Crippen LogP contribution in [0.1, 0.15) is 15.9 Å². The number of aromatic nitrogens is 1. The van der Waals surface area contributed by atoms with Gasteiger partial charge in [0.05, 0.1) is 5.56 Å². The topological polar surface area (TPSA) is 76.2 Å². The molecule has 15 heavy (non-hydrogen) atoms. The van der Waals surface area contributed by atoms with Crippen molar-refractivity contribution in [2.45, 2.75) is 6.92 Å². The van der Waals surface area contributed by atoms with Crippen molar-refractivity contribution in [1.29, 1.82) is 0 Å². The van der Waals surface area contributed by atoms with E-state index in [0.29, 0.717) is 16.6 Å². The zero-order chi connectivity index (χ0) is 11.0. The summed E-state index contributed by atoms with van der Waals surface area (Å²) in [4.78, 5) is 15.0. The van der Waals surface area contributed by atoms with Gasteiger partial charge in [-0.25, -0.2) is 9.78 Å². The average Bonchev–Trinajstić information content (AvgIpc) is 2.23. The van der Waals surface area contributed by atoms with E-state index in [9.17, 15) is 4.79 Å². The molecule has 0 radical (unpaired) electrons. The third-order valence-corrected chi connectivity index (χ3v) is 2.36. The van der Waals surface area contributed by atoms with Crippen LogP contribution >= 0.6 is 0 Å². The van der Waals surface area contributed by atoms with E-state index in [1.54, 1.807) is 24.4 Å². The summed E-state index contributed by atoms with van der Waals surface area (Å²) in [7, 11) is 0. The highest BCUT2D eigenvalue weighted by molar-refractivity contribution is 6.07. The summed E-state index contributed by atoms with van der Waals surface area (Å²) in [5.74, 6) is -0.590. The number of hydrogen-bond donors (Lipinski definition) is 2. The number of pyridine rings is 1. The summed E-state index contributed by atoms with van der Waals surface area (Å²) >= 11 is 0. The summed E-state index contributed by atoms with van der Waals surface area (Å²) in [5, 5.41) is 10.4. The van der Waals surface area contributed by atoms with Crippen LogP contribution in [0.5, 0.6) is 0 Å². The minimum Gasteiger partial charge on any atom is -0.478 e. The Labute approximate surface area is 86.4 Å². The normalized spacial score (nSPS) is 10.5. The summed E-state index contributed by atoms with van der Waals surface area (Å²) in [6.07, 6.45) is 1.59. The van der Waals surface area contributed by atoms with Gasteiger partial charge in [-0.15, -0.1) is 0 Å². The van der Waals surface area contributed by atoms with Crippen molar-refractivity contribution in [3.8, 4) is 0 Å². The second-order valence-electron chi connectivity index (χ2n) is 3.36. The summed E-state index contributed by atoms with van der Waals surface area (Å²) in [5.41, 5.74) is 6.77. The molecule has 0 amide bonds. The fraction of sp³-hybridized carbons (Fsp3) is 0.0909. The van der Waals surface area contributed by atoms with Crippen LogP contribution in [0.3, 0.4) is 0 Å². The minimum absolute atomic E-state index is 0.263. The van der Waals surface area contributed by atoms with Gasteiger partial charge in [0.25, 0.3) is 0 Å². The third kappa shape index (κ3) is 1.40. The highest BCUT2D eigenvalue weighted by Gasteiger charge is 2.11. The fourth-order valence-electron chi connectivity index (χ4n) is 1.67. The molecule has 2 rings (SSSR count). The Morgan fingerprint density at radius 1 is 1.47 bits per heavy atom. The van der Waals surface area contributed by atoms with Gasteiger partial charge < -0.3 is 10.8 Å². The van der Waals surface area contributed by atoms with Crippen molar-refractivity contribution in [2.24, 2.45) is 0 Å². The summed E-state index contributed by atoms with van der Waals surface area (Å²) < 4.78 is 0. The number of rotatable bonds is 1. The molecule has 0 saturated carbocycles. The number of carbonyl (C=O) groups is 1. The third-order valence-electron chi connectivity index (χ3n) is 2.36. The lowest BCUT2D eigenvalue weighted by atomic mass is 10.0. The van der Waals surface area contributed by atoms with E-state index in [4.69, 9.17) is 10.8 Å². The van der Waals surface area contributed by atoms with Crippen LogP contribution in [0.15, 0.2) is 24.4 Å². The first-order valence-electron chi connectivity index (χ1n) is 4.48. The second kappa shape index (κ2) is 3.24. The number of nitrogens with zero attached hydrogens (tertiary/aromatic N) is 1. The Balaban J connectivity index is 2.96. The maximum Gasteiger partial charge on any atom is 0.336 e. The molecule has 2 aromatic rings. The maximum absolute atomic E-state index is 11.0. The first-order chi connectivity index (χ1) is 7.11. The zero-order valence-corrected chi connectivity index (χ0v) is 8.19. The molecule has 1 heterocycles. The van der Waals surface area contributed by atoms with Gasteiger partial charge in [-0.3, -0.25) is 0 Å². The molecule has 4 nitrogen and oxygen atoms in total. The van der Waals surface area contributed by atoms with Crippen LogP contribution in [-0.2, 0) is 0 Å². The molecule has 4 heteroatoms. The van der Waals surface area contributed by atoms with E-state index in [2.05, 4.69) is 4.98 Å². The molecule has 0 aliphatic heterocycles. The van der Waals surface area contributed by atoms with Crippen LogP contribution in [0, 0.1) is 6.92 Å². The van der Waals surface area contributed by atoms with Gasteiger partial charge in [-0.05, 0) is 18.6 Å². The van der Waals surface area contributed by atoms with E-state index >= 15 is 0 Å². The molecule has 1 aromatic heterocycles. The molecule has 0 atom stereocenters. The number of nitrogen functional groups attached to an aromatic ring is 1. The standard InChI is InChI=1S/C11H10N2O2/c1-6-5-13-10(12)7-3-2-4-8(9(6)7)11(14)15/h2-5H,1H3,(H2,12,13)(H,14,15). The van der Waals surface area contributed by atoms with E-state index < -0.39 is 5.97 Å². The number of anilines is 1. The van der Waals surface area contributed by atoms with Crippen LogP contribution in [0.25, 0.3) is 10.8 Å². The molecule has 0 saturated heterocycles. The lowest BCUT2D eigenvalue weighted by molar-refractivity contribution is 0.0699. The largest absolute Gasteiger partial charge is 0.478 e. The molecule has 0 fully saturated rings. The first kappa shape index (κ1) is 9.45. The smallest absolute Gasteiger partial charge is 0.336 e. The average molecular weight is 202 g/mol. The number of carboxylic acid groups (broad SMARTS) is 1. The second-order valence-corrected chi connectivity index (χ2v) is 3.36. The van der Waals surface area contributed by atoms with Crippen molar-refractivity contribution in [3.63, 3.8) is 0 Å². The predicted molar refractivity (Wildman–Crippen MR) is 57.9 cm³/mol. The van der Waals surface area contributed by atoms with Crippen molar-refractivity contribution < 1.29 is 9.90 Å². The van der Waals surface area contributed by atoms with Gasteiger partial charge in [0.15, 0.2) is 0 Å². The number of aromatic carboxylic acids is 1. The van der Waals surface area contributed by atoms with E-state index in [-0.39, 0.29) is 5.56 Å². The molecular weight excluding hydrogens is 192 g/mol. The Hall–Kier alpha value is -2.10. The number of benzene rings is 1. The van der Waals surface area contributed by atoms with Crippen molar-refractivity contribution >= 4 is 22.6 Å². The molecule has 0 aliphatic carbocycles. The Morgan fingerprint density at radius 2 is 2.20 bits per heavy atom. The number of fused-ring (bicyclic) bond motifs is 1. The van der Waals surface area contributed by atoms with Crippen LogP contribution in [0.4, 0.5) is 5.82 Å². The monoisotopic (exact) mass is 202 g/mol. The number of nitrogens with two attached hydrogens (primary N) is 1. The highest BCUT2D eigenvalue weighted by Crippen LogP contribution is 2.25. The highest BCUT2D eigenvalue weighted by atomic mass is 16.4. The molecule has 76 valence electrons. The van der Waals surface area contributed by atoms with Gasteiger partial charge in [0, 0.05) is 17.0 Å². The molecule has 3 N–H and O–H groups in total. The van der Waals surface area contributed by atoms with Gasteiger partial charge in [0.2, 0.25) is 0 Å². The number of aryl methyl sites for hydroxylation is 1. The Kier molecular flexibility index (Phi) is 2.04. The predicted octanol–water partition coefficient (Wildman–Crippen LogP) is 1.82. The van der Waals surface area contributed by atoms with Crippen molar-refractivity contribution in [3.05, 3.63) is 35.5 Å².